The summed E-state index contributed by atoms with van der Waals surface area (Å²) in [5.41, 5.74) is 2.03. The molecule has 0 spiro atoms. The van der Waals surface area contributed by atoms with Gasteiger partial charge in [0.15, 0.2) is 11.3 Å². The number of halogens is 2. The van der Waals surface area contributed by atoms with Crippen LogP contribution in [0.25, 0.3) is 11.0 Å². The second-order valence-corrected chi connectivity index (χ2v) is 6.10. The lowest BCUT2D eigenvalue weighted by atomic mass is 9.93. The number of aryl methyl sites for hydroxylation is 2. The van der Waals surface area contributed by atoms with Crippen molar-refractivity contribution in [3.05, 3.63) is 53.5 Å². The highest BCUT2D eigenvalue weighted by Gasteiger charge is 2.26. The standard InChI is InChI=1S/C19H16F2N2O3/c20-19(21)26-15-8-7-13(18(24)23-11-4-3-9-22-10-11)16-12-5-1-2-6-14(12)25-17(15)16/h3-4,7-10,19H,1-2,5-6H2,(H,23,24). The van der Waals surface area contributed by atoms with Crippen molar-refractivity contribution >= 4 is 22.6 Å². The summed E-state index contributed by atoms with van der Waals surface area (Å²) in [6.07, 6.45) is 6.54. The van der Waals surface area contributed by atoms with E-state index < -0.39 is 6.61 Å². The number of aromatic nitrogens is 1. The molecule has 4 rings (SSSR count). The quantitative estimate of drug-likeness (QED) is 0.742. The molecule has 5 nitrogen and oxygen atoms in total. The normalized spacial score (nSPS) is 13.7. The minimum atomic E-state index is -2.96. The first kappa shape index (κ1) is 16.5. The van der Waals surface area contributed by atoms with Crippen LogP contribution in [0.2, 0.25) is 0 Å². The molecule has 0 unspecified atom stereocenters. The number of carbonyl (C=O) groups excluding carboxylic acids is 1. The minimum absolute atomic E-state index is 0.0534. The molecule has 3 aromatic rings. The third-order valence-electron chi connectivity index (χ3n) is 4.45. The van der Waals surface area contributed by atoms with E-state index in [9.17, 15) is 13.6 Å². The summed E-state index contributed by atoms with van der Waals surface area (Å²) in [4.78, 5) is 16.7. The van der Waals surface area contributed by atoms with Crippen molar-refractivity contribution in [2.75, 3.05) is 5.32 Å². The number of nitrogens with zero attached hydrogens (tertiary/aromatic N) is 1. The summed E-state index contributed by atoms with van der Waals surface area (Å²) in [5, 5.41) is 3.33. The lowest BCUT2D eigenvalue weighted by Crippen LogP contribution is -2.13. The third-order valence-corrected chi connectivity index (χ3v) is 4.45. The molecule has 1 aliphatic carbocycles. The van der Waals surface area contributed by atoms with Crippen molar-refractivity contribution in [1.29, 1.82) is 0 Å². The zero-order chi connectivity index (χ0) is 18.1. The second-order valence-electron chi connectivity index (χ2n) is 6.10. The molecule has 0 fully saturated rings. The summed E-state index contributed by atoms with van der Waals surface area (Å²) in [6.45, 7) is -2.96. The van der Waals surface area contributed by atoms with Gasteiger partial charge in [-0.05, 0) is 43.5 Å². The largest absolute Gasteiger partial charge is 0.457 e. The Kier molecular flexibility index (Phi) is 4.28. The number of hydrogen-bond acceptors (Lipinski definition) is 4. The predicted octanol–water partition coefficient (Wildman–Crippen LogP) is 4.56. The Balaban J connectivity index is 1.81. The number of carbonyl (C=O) groups is 1. The molecule has 0 saturated heterocycles. The Labute approximate surface area is 148 Å². The summed E-state index contributed by atoms with van der Waals surface area (Å²) < 4.78 is 35.9. The van der Waals surface area contributed by atoms with Gasteiger partial charge in [0.05, 0.1) is 17.4 Å². The average Bonchev–Trinajstić information content (AvgIpc) is 3.02. The summed E-state index contributed by atoms with van der Waals surface area (Å²) in [7, 11) is 0. The molecule has 0 radical (unpaired) electrons. The highest BCUT2D eigenvalue weighted by atomic mass is 19.3. The molecule has 2 aromatic heterocycles. The van der Waals surface area contributed by atoms with Gasteiger partial charge in [-0.25, -0.2) is 0 Å². The highest BCUT2D eigenvalue weighted by molar-refractivity contribution is 6.14. The molecule has 1 aliphatic rings. The van der Waals surface area contributed by atoms with Crippen molar-refractivity contribution < 1.29 is 22.7 Å². The molecular weight excluding hydrogens is 342 g/mol. The van der Waals surface area contributed by atoms with Gasteiger partial charge in [0.2, 0.25) is 0 Å². The molecule has 26 heavy (non-hydrogen) atoms. The number of furan rings is 1. The van der Waals surface area contributed by atoms with Gasteiger partial charge in [-0.15, -0.1) is 0 Å². The zero-order valence-electron chi connectivity index (χ0n) is 13.8. The van der Waals surface area contributed by atoms with E-state index in [1.54, 1.807) is 18.3 Å². The fourth-order valence-corrected chi connectivity index (χ4v) is 3.36. The first-order valence-electron chi connectivity index (χ1n) is 8.37. The van der Waals surface area contributed by atoms with Gasteiger partial charge < -0.3 is 14.5 Å². The van der Waals surface area contributed by atoms with E-state index in [0.717, 1.165) is 37.0 Å². The number of pyridine rings is 1. The van der Waals surface area contributed by atoms with E-state index in [-0.39, 0.29) is 17.2 Å². The van der Waals surface area contributed by atoms with E-state index >= 15 is 0 Å². The fraction of sp³-hybridized carbons (Fsp3) is 0.263. The number of hydrogen-bond donors (Lipinski definition) is 1. The summed E-state index contributed by atoms with van der Waals surface area (Å²) in [6, 6.07) is 6.28. The number of amides is 1. The van der Waals surface area contributed by atoms with Gasteiger partial charge in [0.1, 0.15) is 5.76 Å². The van der Waals surface area contributed by atoms with Gasteiger partial charge >= 0.3 is 6.61 Å². The molecule has 1 aromatic carbocycles. The molecule has 1 amide bonds. The van der Waals surface area contributed by atoms with Crippen molar-refractivity contribution in [1.82, 2.24) is 4.98 Å². The van der Waals surface area contributed by atoms with Crippen molar-refractivity contribution in [3.8, 4) is 5.75 Å². The second kappa shape index (κ2) is 6.74. The molecule has 134 valence electrons. The van der Waals surface area contributed by atoms with Gasteiger partial charge in [-0.1, -0.05) is 0 Å². The predicted molar refractivity (Wildman–Crippen MR) is 91.7 cm³/mol. The first-order valence-corrected chi connectivity index (χ1v) is 8.37. The van der Waals surface area contributed by atoms with Crippen LogP contribution >= 0.6 is 0 Å². The highest BCUT2D eigenvalue weighted by Crippen LogP contribution is 2.39. The lowest BCUT2D eigenvalue weighted by molar-refractivity contribution is -0.0494. The number of anilines is 1. The maximum absolute atomic E-state index is 12.8. The summed E-state index contributed by atoms with van der Waals surface area (Å²) in [5.74, 6) is 0.343. The Bertz CT molecular complexity index is 954. The monoisotopic (exact) mass is 358 g/mol. The van der Waals surface area contributed by atoms with Gasteiger partial charge in [-0.3, -0.25) is 9.78 Å². The molecule has 0 saturated carbocycles. The van der Waals surface area contributed by atoms with Crippen molar-refractivity contribution in [3.63, 3.8) is 0 Å². The Morgan fingerprint density at radius 1 is 1.23 bits per heavy atom. The van der Waals surface area contributed by atoms with Gasteiger partial charge in [0, 0.05) is 23.6 Å². The zero-order valence-corrected chi connectivity index (χ0v) is 13.8. The van der Waals surface area contributed by atoms with Gasteiger partial charge in [-0.2, -0.15) is 8.78 Å². The average molecular weight is 358 g/mol. The minimum Gasteiger partial charge on any atom is -0.457 e. The smallest absolute Gasteiger partial charge is 0.387 e. The third kappa shape index (κ3) is 3.00. The first-order chi connectivity index (χ1) is 12.6. The number of nitrogens with one attached hydrogen (secondary N) is 1. The Morgan fingerprint density at radius 3 is 2.85 bits per heavy atom. The van der Waals surface area contributed by atoms with Crippen LogP contribution < -0.4 is 10.1 Å². The molecule has 7 heteroatoms. The number of rotatable bonds is 4. The topological polar surface area (TPSA) is 64.4 Å². The van der Waals surface area contributed by atoms with E-state index in [1.165, 1.54) is 18.3 Å². The Morgan fingerprint density at radius 2 is 2.08 bits per heavy atom. The number of alkyl halides is 2. The molecular formula is C19H16F2N2O3. The SMILES string of the molecule is O=C(Nc1cccnc1)c1ccc(OC(F)F)c2oc3c(c12)CCCC3. The van der Waals surface area contributed by atoms with Gasteiger partial charge in [0.25, 0.3) is 5.91 Å². The maximum Gasteiger partial charge on any atom is 0.387 e. The summed E-state index contributed by atoms with van der Waals surface area (Å²) >= 11 is 0. The van der Waals surface area contributed by atoms with Crippen LogP contribution in [0, 0.1) is 0 Å². The van der Waals surface area contributed by atoms with Crippen LogP contribution in [0.3, 0.4) is 0 Å². The molecule has 1 N–H and O–H groups in total. The molecule has 2 heterocycles. The van der Waals surface area contributed by atoms with Crippen LogP contribution in [0.4, 0.5) is 14.5 Å². The van der Waals surface area contributed by atoms with Crippen LogP contribution in [0.15, 0.2) is 41.1 Å². The van der Waals surface area contributed by atoms with Crippen LogP contribution in [0.5, 0.6) is 5.75 Å². The van der Waals surface area contributed by atoms with E-state index in [0.29, 0.717) is 16.6 Å². The van der Waals surface area contributed by atoms with Crippen LogP contribution in [-0.2, 0) is 12.8 Å². The number of benzene rings is 1. The van der Waals surface area contributed by atoms with Crippen molar-refractivity contribution in [2.24, 2.45) is 0 Å². The lowest BCUT2D eigenvalue weighted by Gasteiger charge is -2.11. The Hall–Kier alpha value is -2.96. The molecule has 0 atom stereocenters. The van der Waals surface area contributed by atoms with Crippen LogP contribution in [0.1, 0.15) is 34.5 Å². The number of fused-ring (bicyclic) bond motifs is 3. The van der Waals surface area contributed by atoms with Crippen molar-refractivity contribution in [2.45, 2.75) is 32.3 Å². The van der Waals surface area contributed by atoms with E-state index in [4.69, 9.17) is 4.42 Å². The number of ether oxygens (including phenoxy) is 1. The maximum atomic E-state index is 12.8. The molecule has 0 bridgehead atoms. The van der Waals surface area contributed by atoms with E-state index in [1.807, 2.05) is 0 Å². The van der Waals surface area contributed by atoms with Crippen LogP contribution in [-0.4, -0.2) is 17.5 Å². The van der Waals surface area contributed by atoms with E-state index in [2.05, 4.69) is 15.0 Å². The molecule has 0 aliphatic heterocycles. The fourth-order valence-electron chi connectivity index (χ4n) is 3.36.